The van der Waals surface area contributed by atoms with Crippen LogP contribution >= 0.6 is 15.9 Å². The van der Waals surface area contributed by atoms with E-state index in [2.05, 4.69) is 27.6 Å². The number of halogens is 1. The van der Waals surface area contributed by atoms with Crippen molar-refractivity contribution in [2.45, 2.75) is 0 Å². The lowest BCUT2D eigenvalue weighted by Crippen LogP contribution is -2.34. The fraction of sp³-hybridized carbons (Fsp3) is 0.100. The van der Waals surface area contributed by atoms with Crippen LogP contribution in [0, 0.1) is 0 Å². The summed E-state index contributed by atoms with van der Waals surface area (Å²) in [6, 6.07) is 9.57. The summed E-state index contributed by atoms with van der Waals surface area (Å²) in [5.74, 6) is 0.00302. The molecule has 0 unspecified atom stereocenters. The standard InChI is InChI=1S/C20H17BrN2O5/c1-11-15(8-13-9-17(27-2)18(28-3)10-16(13)21)19(24)23(22-11)14-6-4-5-12(7-14)20(25)26/h4-10,22H,1H2,2-3H3,(H,25,26)/b15-8+. The summed E-state index contributed by atoms with van der Waals surface area (Å²) >= 11 is 3.46. The number of aromatic carboxylic acids is 1. The number of benzene rings is 2. The van der Waals surface area contributed by atoms with Gasteiger partial charge in [-0.3, -0.25) is 9.89 Å². The van der Waals surface area contributed by atoms with Crippen molar-refractivity contribution in [1.29, 1.82) is 0 Å². The van der Waals surface area contributed by atoms with Gasteiger partial charge in [-0.25, -0.2) is 9.48 Å². The van der Waals surface area contributed by atoms with Crippen molar-refractivity contribution in [2.75, 3.05) is 14.2 Å². The molecule has 0 aliphatic rings. The Morgan fingerprint density at radius 1 is 1.21 bits per heavy atom. The Morgan fingerprint density at radius 3 is 2.54 bits per heavy atom. The molecule has 2 aromatic carbocycles. The van der Waals surface area contributed by atoms with E-state index in [-0.39, 0.29) is 11.1 Å². The minimum atomic E-state index is -1.07. The molecule has 3 rings (SSSR count). The Balaban J connectivity index is 2.19. The molecule has 0 saturated carbocycles. The Kier molecular flexibility index (Phi) is 5.41. The molecular formula is C20H17BrN2O5. The van der Waals surface area contributed by atoms with Gasteiger partial charge in [0.2, 0.25) is 0 Å². The lowest BCUT2D eigenvalue weighted by atomic mass is 10.1. The van der Waals surface area contributed by atoms with E-state index >= 15 is 0 Å². The SMILES string of the molecule is C=c1[nH]n(-c2cccc(C(=O)O)c2)c(=O)/c1=C/c1cc(OC)c(OC)cc1Br. The third-order valence-electron chi connectivity index (χ3n) is 4.16. The molecule has 1 heterocycles. The highest BCUT2D eigenvalue weighted by Gasteiger charge is 2.11. The first-order chi connectivity index (χ1) is 13.3. The number of carboxylic acids is 1. The van der Waals surface area contributed by atoms with Gasteiger partial charge in [-0.2, -0.15) is 0 Å². The number of ether oxygens (including phenoxy) is 2. The molecule has 3 aromatic rings. The maximum absolute atomic E-state index is 12.9. The van der Waals surface area contributed by atoms with Crippen LogP contribution in [0.5, 0.6) is 11.5 Å². The van der Waals surface area contributed by atoms with Crippen molar-refractivity contribution in [3.05, 3.63) is 72.9 Å². The molecule has 0 aliphatic carbocycles. The van der Waals surface area contributed by atoms with Gasteiger partial charge in [0, 0.05) is 4.47 Å². The summed E-state index contributed by atoms with van der Waals surface area (Å²) in [7, 11) is 3.07. The van der Waals surface area contributed by atoms with E-state index < -0.39 is 5.97 Å². The lowest BCUT2D eigenvalue weighted by Gasteiger charge is -2.09. The number of aromatic amines is 1. The Morgan fingerprint density at radius 2 is 1.89 bits per heavy atom. The maximum Gasteiger partial charge on any atom is 0.335 e. The van der Waals surface area contributed by atoms with E-state index in [0.717, 1.165) is 0 Å². The third kappa shape index (κ3) is 3.59. The molecule has 1 aromatic heterocycles. The second kappa shape index (κ2) is 7.77. The van der Waals surface area contributed by atoms with Gasteiger partial charge < -0.3 is 14.6 Å². The summed E-state index contributed by atoms with van der Waals surface area (Å²) in [4.78, 5) is 24.1. The van der Waals surface area contributed by atoms with Gasteiger partial charge in [0.25, 0.3) is 5.56 Å². The molecule has 0 fully saturated rings. The van der Waals surface area contributed by atoms with Gasteiger partial charge in [0.1, 0.15) is 0 Å². The van der Waals surface area contributed by atoms with E-state index in [4.69, 9.17) is 14.6 Å². The van der Waals surface area contributed by atoms with Crippen molar-refractivity contribution in [3.63, 3.8) is 0 Å². The molecule has 28 heavy (non-hydrogen) atoms. The minimum absolute atomic E-state index is 0.0813. The number of rotatable bonds is 5. The van der Waals surface area contributed by atoms with E-state index in [1.807, 2.05) is 0 Å². The number of H-pyrrole nitrogens is 1. The Labute approximate surface area is 168 Å². The van der Waals surface area contributed by atoms with Crippen LogP contribution in [0.3, 0.4) is 0 Å². The number of aromatic nitrogens is 2. The molecule has 0 radical (unpaired) electrons. The van der Waals surface area contributed by atoms with Crippen molar-refractivity contribution in [3.8, 4) is 17.2 Å². The quantitative estimate of drug-likeness (QED) is 0.626. The summed E-state index contributed by atoms with van der Waals surface area (Å²) in [6.07, 6.45) is 1.67. The first-order valence-electron chi connectivity index (χ1n) is 8.12. The minimum Gasteiger partial charge on any atom is -0.493 e. The number of nitrogens with zero attached hydrogens (tertiary/aromatic N) is 1. The van der Waals surface area contributed by atoms with Crippen LogP contribution in [0.15, 0.2) is 45.7 Å². The van der Waals surface area contributed by atoms with E-state index in [9.17, 15) is 9.59 Å². The van der Waals surface area contributed by atoms with Crippen molar-refractivity contribution in [1.82, 2.24) is 9.78 Å². The van der Waals surface area contributed by atoms with Gasteiger partial charge in [-0.15, -0.1) is 0 Å². The summed E-state index contributed by atoms with van der Waals surface area (Å²) in [5.41, 5.74) is 0.831. The van der Waals surface area contributed by atoms with Crippen LogP contribution in [0.2, 0.25) is 0 Å². The molecule has 0 amide bonds. The molecule has 7 nitrogen and oxygen atoms in total. The highest BCUT2D eigenvalue weighted by atomic mass is 79.9. The van der Waals surface area contributed by atoms with Crippen molar-refractivity contribution >= 4 is 34.6 Å². The zero-order valence-corrected chi connectivity index (χ0v) is 16.7. The van der Waals surface area contributed by atoms with E-state index in [1.165, 1.54) is 31.0 Å². The molecule has 2 N–H and O–H groups in total. The number of hydrogen-bond acceptors (Lipinski definition) is 4. The fourth-order valence-corrected chi connectivity index (χ4v) is 3.18. The molecule has 0 bridgehead atoms. The molecule has 8 heteroatoms. The van der Waals surface area contributed by atoms with Crippen molar-refractivity contribution in [2.24, 2.45) is 0 Å². The van der Waals surface area contributed by atoms with Crippen LogP contribution in [-0.2, 0) is 0 Å². The average Bonchev–Trinajstić information content (AvgIpc) is 2.97. The molecule has 0 spiro atoms. The predicted octanol–water partition coefficient (Wildman–Crippen LogP) is 1.88. The highest BCUT2D eigenvalue weighted by Crippen LogP contribution is 2.33. The summed E-state index contributed by atoms with van der Waals surface area (Å²) in [5, 5.41) is 12.8. The zero-order chi connectivity index (χ0) is 20.4. The van der Waals surface area contributed by atoms with Gasteiger partial charge in [0.15, 0.2) is 11.5 Å². The predicted molar refractivity (Wildman–Crippen MR) is 109 cm³/mol. The van der Waals surface area contributed by atoms with Gasteiger partial charge in [-0.05, 0) is 42.0 Å². The molecule has 0 saturated heterocycles. The number of hydrogen-bond donors (Lipinski definition) is 2. The molecule has 144 valence electrons. The number of carboxylic acid groups (broad SMARTS) is 1. The molecule has 0 aliphatic heterocycles. The monoisotopic (exact) mass is 444 g/mol. The maximum atomic E-state index is 12.9. The third-order valence-corrected chi connectivity index (χ3v) is 4.85. The van der Waals surface area contributed by atoms with Crippen LogP contribution < -0.4 is 25.6 Å². The number of methoxy groups -OCH3 is 2. The van der Waals surface area contributed by atoms with Gasteiger partial charge in [0.05, 0.1) is 36.0 Å². The van der Waals surface area contributed by atoms with Crippen LogP contribution in [0.25, 0.3) is 18.3 Å². The van der Waals surface area contributed by atoms with Crippen LogP contribution in [-0.4, -0.2) is 35.1 Å². The average molecular weight is 445 g/mol. The number of nitrogens with one attached hydrogen (secondary N) is 1. The van der Waals surface area contributed by atoms with Crippen molar-refractivity contribution < 1.29 is 19.4 Å². The number of carbonyl (C=O) groups is 1. The second-order valence-electron chi connectivity index (χ2n) is 5.87. The first-order valence-corrected chi connectivity index (χ1v) is 8.92. The van der Waals surface area contributed by atoms with Crippen LogP contribution in [0.1, 0.15) is 15.9 Å². The topological polar surface area (TPSA) is 93.6 Å². The smallest absolute Gasteiger partial charge is 0.335 e. The fourth-order valence-electron chi connectivity index (χ4n) is 2.74. The van der Waals surface area contributed by atoms with Gasteiger partial charge in [-0.1, -0.05) is 28.6 Å². The zero-order valence-electron chi connectivity index (χ0n) is 15.2. The Bertz CT molecular complexity index is 1230. The van der Waals surface area contributed by atoms with Gasteiger partial charge >= 0.3 is 5.97 Å². The summed E-state index contributed by atoms with van der Waals surface area (Å²) in [6.45, 7) is 3.89. The Hall–Kier alpha value is -3.26. The highest BCUT2D eigenvalue weighted by molar-refractivity contribution is 9.10. The normalized spacial score (nSPS) is 11.5. The summed E-state index contributed by atoms with van der Waals surface area (Å²) < 4.78 is 12.5. The van der Waals surface area contributed by atoms with Crippen LogP contribution in [0.4, 0.5) is 0 Å². The first kappa shape index (κ1) is 19.5. The largest absolute Gasteiger partial charge is 0.493 e. The van der Waals surface area contributed by atoms with E-state index in [1.54, 1.807) is 30.3 Å². The second-order valence-corrected chi connectivity index (χ2v) is 6.73. The lowest BCUT2D eigenvalue weighted by molar-refractivity contribution is 0.0697. The molecular weight excluding hydrogens is 428 g/mol. The van der Waals surface area contributed by atoms with E-state index in [0.29, 0.717) is 37.8 Å². The molecule has 0 atom stereocenters.